The van der Waals surface area contributed by atoms with Gasteiger partial charge < -0.3 is 25.4 Å². The Balaban J connectivity index is -0.000000405. The summed E-state index contributed by atoms with van der Waals surface area (Å²) in [6.07, 6.45) is -1.72. The molecule has 0 amide bonds. The van der Waals surface area contributed by atoms with Crippen LogP contribution in [0, 0.1) is 0 Å². The number of aromatic carboxylic acids is 2. The van der Waals surface area contributed by atoms with Crippen LogP contribution in [0.5, 0.6) is 0 Å². The van der Waals surface area contributed by atoms with Crippen molar-refractivity contribution in [2.45, 2.75) is 0 Å². The van der Waals surface area contributed by atoms with Gasteiger partial charge >= 0.3 is 106 Å². The number of carboxylic acid groups (broad SMARTS) is 2. The van der Waals surface area contributed by atoms with Gasteiger partial charge in [0.1, 0.15) is 0 Å². The van der Waals surface area contributed by atoms with Crippen LogP contribution < -0.4 is 0 Å². The van der Waals surface area contributed by atoms with E-state index in [1.807, 2.05) is 0 Å². The van der Waals surface area contributed by atoms with Crippen molar-refractivity contribution < 1.29 is 49.4 Å². The number of carbonyl (C=O) groups is 5. The van der Waals surface area contributed by atoms with Gasteiger partial charge in [0.2, 0.25) is 0 Å². The summed E-state index contributed by atoms with van der Waals surface area (Å²) in [6.45, 7) is 0. The number of hydrogen-bond donors (Lipinski definition) is 2. The predicted molar refractivity (Wildman–Crippen MR) is 99.0 cm³/mol. The first kappa shape index (κ1) is 26.5. The monoisotopic (exact) mass is 442 g/mol. The van der Waals surface area contributed by atoms with Gasteiger partial charge in [-0.1, -0.05) is 24.3 Å². The largest absolute Gasteiger partial charge is 2.00 e. The van der Waals surface area contributed by atoms with Crippen molar-refractivity contribution in [3.05, 3.63) is 70.8 Å². The Hall–Kier alpha value is -1.49. The molecule has 140 valence electrons. The zero-order valence-corrected chi connectivity index (χ0v) is 18.7. The van der Waals surface area contributed by atoms with E-state index >= 15 is 0 Å². The number of hydrogen-bond acceptors (Lipinski definition) is 7. The Bertz CT molecular complexity index is 868. The third-order valence-electron chi connectivity index (χ3n) is 3.11. The first-order valence-corrected chi connectivity index (χ1v) is 6.94. The van der Waals surface area contributed by atoms with Gasteiger partial charge in [0, 0.05) is 0 Å². The van der Waals surface area contributed by atoms with Crippen molar-refractivity contribution in [1.29, 1.82) is 0 Å². The van der Waals surface area contributed by atoms with E-state index in [2.05, 4.69) is 9.47 Å². The molecule has 0 saturated carbocycles. The molecule has 0 radical (unpaired) electrons. The Morgan fingerprint density at radius 2 is 0.893 bits per heavy atom. The molecule has 0 aliphatic carbocycles. The summed E-state index contributed by atoms with van der Waals surface area (Å²) in [5.74, 6) is -5.52. The molecular weight excluding hydrogens is 428 g/mol. The normalized spacial score (nSPS) is 9.14. The summed E-state index contributed by atoms with van der Waals surface area (Å²) in [4.78, 5) is 57.4. The molecule has 2 N–H and O–H groups in total. The van der Waals surface area contributed by atoms with Crippen LogP contribution in [-0.4, -0.2) is 116 Å². The molecule has 0 bridgehead atoms. The minimum absolute atomic E-state index is 0. The zero-order valence-electron chi connectivity index (χ0n) is 18.3. The molecule has 11 heteroatoms. The van der Waals surface area contributed by atoms with E-state index in [0.717, 1.165) is 24.3 Å². The van der Waals surface area contributed by atoms with Gasteiger partial charge in [0.25, 0.3) is 0 Å². The summed E-state index contributed by atoms with van der Waals surface area (Å²) >= 11 is 0. The molecule has 2 rings (SSSR count). The standard InChI is InChI=1S/C17H10O9.2Ca.4H/c18-13(19)9-5-1-3-7-11(9)15(22)25-17(24)26-16(23)12-8-4-2-6-10(12)14(20)21;;;;;;/h1-8H,(H,18,19)(H,20,21);;;;;;/q;2*+2;4*-1. The summed E-state index contributed by atoms with van der Waals surface area (Å²) in [6, 6.07) is 9.90. The number of carbonyl (C=O) groups excluding carboxylic acids is 3. The Labute approximate surface area is 223 Å². The van der Waals surface area contributed by atoms with E-state index in [0.29, 0.717) is 0 Å². The van der Waals surface area contributed by atoms with Crippen molar-refractivity contribution in [3.63, 3.8) is 0 Å². The maximum absolute atomic E-state index is 11.9. The van der Waals surface area contributed by atoms with Crippen LogP contribution in [0.3, 0.4) is 0 Å². The van der Waals surface area contributed by atoms with Crippen molar-refractivity contribution in [1.82, 2.24) is 0 Å². The molecule has 28 heavy (non-hydrogen) atoms. The second-order valence-corrected chi connectivity index (χ2v) is 4.73. The van der Waals surface area contributed by atoms with Gasteiger partial charge in [-0.05, 0) is 24.3 Å². The molecule has 0 aliphatic rings. The number of rotatable bonds is 4. The molecule has 0 atom stereocenters. The van der Waals surface area contributed by atoms with E-state index in [4.69, 9.17) is 10.2 Å². The fraction of sp³-hybridized carbons (Fsp3) is 0. The molecule has 0 fully saturated rings. The van der Waals surface area contributed by atoms with Crippen molar-refractivity contribution in [2.24, 2.45) is 0 Å². The molecule has 2 aromatic rings. The minimum Gasteiger partial charge on any atom is -1.00 e. The third kappa shape index (κ3) is 6.84. The second kappa shape index (κ2) is 12.2. The predicted octanol–water partition coefficient (Wildman–Crippen LogP) is 1.91. The number of benzene rings is 2. The van der Waals surface area contributed by atoms with Gasteiger partial charge in [-0.25, -0.2) is 24.0 Å². The molecule has 0 aliphatic heterocycles. The Morgan fingerprint density at radius 1 is 0.607 bits per heavy atom. The van der Waals surface area contributed by atoms with Crippen LogP contribution in [0.25, 0.3) is 0 Å². The molecule has 0 heterocycles. The number of carboxylic acids is 2. The SMILES string of the molecule is O=C(OC(=O)c1ccccc1C(=O)O)OC(=O)c1ccccc1C(=O)O.[Ca+2].[Ca+2].[H-].[H-].[H-].[H-]. The van der Waals surface area contributed by atoms with Crippen LogP contribution in [0.15, 0.2) is 48.5 Å². The molecule has 0 aromatic heterocycles. The molecule has 9 nitrogen and oxygen atoms in total. The van der Waals surface area contributed by atoms with Gasteiger partial charge in [-0.15, -0.1) is 0 Å². The van der Waals surface area contributed by atoms with Crippen molar-refractivity contribution >= 4 is 106 Å². The van der Waals surface area contributed by atoms with Crippen LogP contribution in [0.1, 0.15) is 47.1 Å². The molecule has 2 aromatic carbocycles. The van der Waals surface area contributed by atoms with E-state index in [-0.39, 0.29) is 81.2 Å². The molecule has 0 unspecified atom stereocenters. The average molecular weight is 442 g/mol. The van der Waals surface area contributed by atoms with Crippen molar-refractivity contribution in [2.75, 3.05) is 0 Å². The zero-order chi connectivity index (χ0) is 19.3. The molecule has 0 saturated heterocycles. The smallest absolute Gasteiger partial charge is 1.00 e. The maximum atomic E-state index is 11.9. The summed E-state index contributed by atoms with van der Waals surface area (Å²) in [7, 11) is 0. The van der Waals surface area contributed by atoms with Gasteiger partial charge in [-0.3, -0.25) is 0 Å². The number of esters is 2. The van der Waals surface area contributed by atoms with Crippen molar-refractivity contribution in [3.8, 4) is 0 Å². The van der Waals surface area contributed by atoms with Crippen LogP contribution in [0.4, 0.5) is 4.79 Å². The third-order valence-corrected chi connectivity index (χ3v) is 3.11. The van der Waals surface area contributed by atoms with Crippen LogP contribution >= 0.6 is 0 Å². The van der Waals surface area contributed by atoms with E-state index < -0.39 is 52.3 Å². The minimum atomic E-state index is -1.72. The quantitative estimate of drug-likeness (QED) is 0.412. The topological polar surface area (TPSA) is 144 Å². The van der Waals surface area contributed by atoms with Gasteiger partial charge in [0.05, 0.1) is 22.3 Å². The number of ether oxygens (including phenoxy) is 2. The van der Waals surface area contributed by atoms with E-state index in [1.54, 1.807) is 0 Å². The fourth-order valence-electron chi connectivity index (χ4n) is 1.98. The maximum Gasteiger partial charge on any atom is 2.00 e. The summed E-state index contributed by atoms with van der Waals surface area (Å²) in [5, 5.41) is 18.0. The summed E-state index contributed by atoms with van der Waals surface area (Å²) in [5.41, 5.74) is -1.66. The fourth-order valence-corrected chi connectivity index (χ4v) is 1.98. The Morgan fingerprint density at radius 3 is 1.18 bits per heavy atom. The van der Waals surface area contributed by atoms with Crippen LogP contribution in [0.2, 0.25) is 0 Å². The van der Waals surface area contributed by atoms with E-state index in [1.165, 1.54) is 24.3 Å². The summed E-state index contributed by atoms with van der Waals surface area (Å²) < 4.78 is 8.58. The van der Waals surface area contributed by atoms with Gasteiger partial charge in [-0.2, -0.15) is 0 Å². The average Bonchev–Trinajstić information content (AvgIpc) is 2.61. The first-order chi connectivity index (χ1) is 12.3. The van der Waals surface area contributed by atoms with E-state index in [9.17, 15) is 24.0 Å². The molecule has 0 spiro atoms. The van der Waals surface area contributed by atoms with Crippen LogP contribution in [-0.2, 0) is 9.47 Å². The molecular formula is C17H14Ca2O9. The Kier molecular flexibility index (Phi) is 11.5. The van der Waals surface area contributed by atoms with Gasteiger partial charge in [0.15, 0.2) is 0 Å². The second-order valence-electron chi connectivity index (χ2n) is 4.73. The first-order valence-electron chi connectivity index (χ1n) is 6.94.